The number of guanidine groups is 1. The lowest BCUT2D eigenvalue weighted by Gasteiger charge is -2.20. The van der Waals surface area contributed by atoms with Gasteiger partial charge in [-0.15, -0.1) is 24.0 Å². The first-order valence-corrected chi connectivity index (χ1v) is 6.55. The molecule has 5 nitrogen and oxygen atoms in total. The van der Waals surface area contributed by atoms with Crippen molar-refractivity contribution in [3.05, 3.63) is 0 Å². The van der Waals surface area contributed by atoms with Gasteiger partial charge in [0.25, 0.3) is 0 Å². The molecule has 0 bridgehead atoms. The van der Waals surface area contributed by atoms with Gasteiger partial charge in [0.1, 0.15) is 6.54 Å². The monoisotopic (exact) mass is 368 g/mol. The van der Waals surface area contributed by atoms with Gasteiger partial charge >= 0.3 is 0 Å². The molecular weight excluding hydrogens is 343 g/mol. The van der Waals surface area contributed by atoms with Gasteiger partial charge in [0.15, 0.2) is 5.96 Å². The smallest absolute Gasteiger partial charge is 0.241 e. The van der Waals surface area contributed by atoms with Crippen LogP contribution in [0, 0.1) is 0 Å². The first-order chi connectivity index (χ1) is 8.24. The van der Waals surface area contributed by atoms with E-state index in [0.717, 1.165) is 32.4 Å². The fourth-order valence-electron chi connectivity index (χ4n) is 1.87. The van der Waals surface area contributed by atoms with Gasteiger partial charge in [0.05, 0.1) is 0 Å². The quantitative estimate of drug-likeness (QED) is 0.447. The molecule has 0 saturated carbocycles. The zero-order valence-electron chi connectivity index (χ0n) is 11.2. The van der Waals surface area contributed by atoms with E-state index in [1.165, 1.54) is 12.8 Å². The molecule has 0 aliphatic carbocycles. The molecule has 1 heterocycles. The number of hydrogen-bond donors (Lipinski definition) is 2. The predicted molar refractivity (Wildman–Crippen MR) is 85.2 cm³/mol. The van der Waals surface area contributed by atoms with Gasteiger partial charge in [-0.1, -0.05) is 19.8 Å². The Bertz CT molecular complexity index is 263. The number of halogens is 1. The number of hydrogen-bond acceptors (Lipinski definition) is 2. The van der Waals surface area contributed by atoms with Crippen molar-refractivity contribution in [2.45, 2.75) is 39.0 Å². The molecule has 0 atom stereocenters. The highest BCUT2D eigenvalue weighted by atomic mass is 127. The van der Waals surface area contributed by atoms with Crippen molar-refractivity contribution < 1.29 is 4.79 Å². The van der Waals surface area contributed by atoms with Gasteiger partial charge in [-0.25, -0.2) is 4.99 Å². The Balaban J connectivity index is 0.00000289. The molecule has 1 rings (SSSR count). The first kappa shape index (κ1) is 17.5. The maximum absolute atomic E-state index is 11.4. The van der Waals surface area contributed by atoms with Crippen molar-refractivity contribution >= 4 is 35.8 Å². The molecule has 1 amide bonds. The minimum Gasteiger partial charge on any atom is -0.370 e. The number of aliphatic imine (C=N–C) groups is 1. The Morgan fingerprint density at radius 1 is 1.28 bits per heavy atom. The number of carbonyl (C=O) groups is 1. The fraction of sp³-hybridized carbons (Fsp3) is 0.833. The second kappa shape index (κ2) is 10.4. The van der Waals surface area contributed by atoms with Gasteiger partial charge in [-0.3, -0.25) is 4.79 Å². The summed E-state index contributed by atoms with van der Waals surface area (Å²) in [4.78, 5) is 17.6. The third kappa shape index (κ3) is 7.03. The van der Waals surface area contributed by atoms with E-state index in [-0.39, 0.29) is 36.4 Å². The number of nitrogens with zero attached hydrogens (tertiary/aromatic N) is 2. The third-order valence-corrected chi connectivity index (χ3v) is 2.89. The van der Waals surface area contributed by atoms with E-state index in [0.29, 0.717) is 12.5 Å². The number of nitrogens with two attached hydrogens (primary N) is 1. The summed E-state index contributed by atoms with van der Waals surface area (Å²) >= 11 is 0. The lowest BCUT2D eigenvalue weighted by molar-refractivity contribution is -0.119. The van der Waals surface area contributed by atoms with Gasteiger partial charge in [0, 0.05) is 19.6 Å². The fourth-order valence-corrected chi connectivity index (χ4v) is 1.87. The van der Waals surface area contributed by atoms with E-state index in [1.54, 1.807) is 0 Å². The van der Waals surface area contributed by atoms with Crippen molar-refractivity contribution in [1.82, 2.24) is 10.2 Å². The highest BCUT2D eigenvalue weighted by Gasteiger charge is 2.11. The van der Waals surface area contributed by atoms with Crippen LogP contribution in [-0.4, -0.2) is 42.9 Å². The molecule has 0 aromatic carbocycles. The van der Waals surface area contributed by atoms with Gasteiger partial charge in [-0.2, -0.15) is 0 Å². The van der Waals surface area contributed by atoms with E-state index in [4.69, 9.17) is 5.73 Å². The minimum absolute atomic E-state index is 0. The first-order valence-electron chi connectivity index (χ1n) is 6.55. The molecule has 1 fully saturated rings. The van der Waals surface area contributed by atoms with Crippen molar-refractivity contribution in [1.29, 1.82) is 0 Å². The van der Waals surface area contributed by atoms with Crippen LogP contribution < -0.4 is 11.1 Å². The lowest BCUT2D eigenvalue weighted by atomic mass is 10.2. The van der Waals surface area contributed by atoms with Crippen LogP contribution in [0.15, 0.2) is 4.99 Å². The molecule has 0 aromatic heterocycles. The Morgan fingerprint density at radius 2 is 1.89 bits per heavy atom. The maximum atomic E-state index is 11.4. The SMILES string of the molecule is CCCNC(=O)CN=C(N)N1CCCCCC1.I. The molecule has 6 heteroatoms. The Morgan fingerprint density at radius 3 is 2.44 bits per heavy atom. The summed E-state index contributed by atoms with van der Waals surface area (Å²) in [6.07, 6.45) is 5.80. The lowest BCUT2D eigenvalue weighted by Crippen LogP contribution is -2.39. The summed E-state index contributed by atoms with van der Waals surface area (Å²) in [6.45, 7) is 4.80. The molecule has 106 valence electrons. The third-order valence-electron chi connectivity index (χ3n) is 2.89. The van der Waals surface area contributed by atoms with Crippen molar-refractivity contribution in [3.8, 4) is 0 Å². The summed E-state index contributed by atoms with van der Waals surface area (Å²) in [5, 5.41) is 2.78. The number of nitrogens with one attached hydrogen (secondary N) is 1. The Hall–Kier alpha value is -0.530. The highest BCUT2D eigenvalue weighted by molar-refractivity contribution is 14.0. The Kier molecular flexibility index (Phi) is 10.1. The molecule has 18 heavy (non-hydrogen) atoms. The second-order valence-electron chi connectivity index (χ2n) is 4.43. The van der Waals surface area contributed by atoms with Crippen LogP contribution in [-0.2, 0) is 4.79 Å². The summed E-state index contributed by atoms with van der Waals surface area (Å²) < 4.78 is 0. The van der Waals surface area contributed by atoms with E-state index in [2.05, 4.69) is 15.2 Å². The average molecular weight is 368 g/mol. The standard InChI is InChI=1S/C12H24N4O.HI/c1-2-7-14-11(17)10-15-12(13)16-8-5-3-4-6-9-16;/h2-10H2,1H3,(H2,13,15)(H,14,17);1H. The highest BCUT2D eigenvalue weighted by Crippen LogP contribution is 2.08. The van der Waals surface area contributed by atoms with E-state index < -0.39 is 0 Å². The molecular formula is C12H25IN4O. The average Bonchev–Trinajstić information content (AvgIpc) is 2.62. The summed E-state index contributed by atoms with van der Waals surface area (Å²) in [5.41, 5.74) is 5.89. The van der Waals surface area contributed by atoms with E-state index >= 15 is 0 Å². The Labute approximate surface area is 127 Å². The molecule has 3 N–H and O–H groups in total. The number of amides is 1. The minimum atomic E-state index is -0.0513. The van der Waals surface area contributed by atoms with Crippen LogP contribution in [0.1, 0.15) is 39.0 Å². The van der Waals surface area contributed by atoms with Crippen LogP contribution in [0.2, 0.25) is 0 Å². The number of rotatable bonds is 4. The van der Waals surface area contributed by atoms with Crippen LogP contribution in [0.3, 0.4) is 0 Å². The molecule has 0 aromatic rings. The van der Waals surface area contributed by atoms with Gasteiger partial charge in [0.2, 0.25) is 5.91 Å². The number of carbonyl (C=O) groups excluding carboxylic acids is 1. The van der Waals surface area contributed by atoms with Gasteiger partial charge < -0.3 is 16.0 Å². The molecule has 0 unspecified atom stereocenters. The van der Waals surface area contributed by atoms with Crippen molar-refractivity contribution in [3.63, 3.8) is 0 Å². The van der Waals surface area contributed by atoms with Gasteiger partial charge in [-0.05, 0) is 19.3 Å². The van der Waals surface area contributed by atoms with Crippen LogP contribution in [0.25, 0.3) is 0 Å². The van der Waals surface area contributed by atoms with Crippen molar-refractivity contribution in [2.24, 2.45) is 10.7 Å². The van der Waals surface area contributed by atoms with E-state index in [9.17, 15) is 4.79 Å². The molecule has 0 spiro atoms. The summed E-state index contributed by atoms with van der Waals surface area (Å²) in [6, 6.07) is 0. The normalized spacial score (nSPS) is 16.7. The molecule has 0 radical (unpaired) electrons. The van der Waals surface area contributed by atoms with E-state index in [1.807, 2.05) is 6.92 Å². The summed E-state index contributed by atoms with van der Waals surface area (Å²) in [7, 11) is 0. The zero-order chi connectivity index (χ0) is 12.5. The maximum Gasteiger partial charge on any atom is 0.241 e. The summed E-state index contributed by atoms with van der Waals surface area (Å²) in [5.74, 6) is 0.461. The largest absolute Gasteiger partial charge is 0.370 e. The molecule has 1 saturated heterocycles. The van der Waals surface area contributed by atoms with Crippen molar-refractivity contribution in [2.75, 3.05) is 26.2 Å². The molecule has 1 aliphatic heterocycles. The van der Waals surface area contributed by atoms with Crippen LogP contribution in [0.5, 0.6) is 0 Å². The predicted octanol–water partition coefficient (Wildman–Crippen LogP) is 1.32. The second-order valence-corrected chi connectivity index (χ2v) is 4.43. The number of likely N-dealkylation sites (tertiary alicyclic amines) is 1. The topological polar surface area (TPSA) is 70.7 Å². The molecule has 1 aliphatic rings. The van der Waals surface area contributed by atoms with Crippen LogP contribution >= 0.6 is 24.0 Å². The van der Waals surface area contributed by atoms with Crippen LogP contribution in [0.4, 0.5) is 0 Å². The zero-order valence-corrected chi connectivity index (χ0v) is 13.5.